The van der Waals surface area contributed by atoms with Gasteiger partial charge in [0.2, 0.25) is 5.91 Å². The van der Waals surface area contributed by atoms with Gasteiger partial charge >= 0.3 is 5.97 Å². The van der Waals surface area contributed by atoms with Crippen LogP contribution >= 0.6 is 0 Å². The van der Waals surface area contributed by atoms with Gasteiger partial charge in [-0.25, -0.2) is 0 Å². The number of ether oxygens (including phenoxy) is 2. The van der Waals surface area contributed by atoms with Crippen molar-refractivity contribution in [2.75, 3.05) is 19.6 Å². The van der Waals surface area contributed by atoms with E-state index in [1.165, 1.54) is 30.9 Å². The molecule has 5 atom stereocenters. The van der Waals surface area contributed by atoms with E-state index in [-0.39, 0.29) is 35.3 Å². The Morgan fingerprint density at radius 3 is 2.37 bits per heavy atom. The number of unbranched alkanes of at least 4 members (excludes halogenated alkanes) is 4. The third kappa shape index (κ3) is 7.06. The van der Waals surface area contributed by atoms with Crippen LogP contribution in [0.5, 0.6) is 17.2 Å². The van der Waals surface area contributed by atoms with E-state index >= 15 is 0 Å². The summed E-state index contributed by atoms with van der Waals surface area (Å²) >= 11 is 0. The summed E-state index contributed by atoms with van der Waals surface area (Å²) in [4.78, 5) is 31.3. The number of hydrogen-bond donors (Lipinski definition) is 1. The molecule has 0 radical (unpaired) electrons. The predicted molar refractivity (Wildman–Crippen MR) is 200 cm³/mol. The first-order chi connectivity index (χ1) is 24.9. The molecule has 7 heteroatoms. The van der Waals surface area contributed by atoms with Crippen molar-refractivity contribution in [3.63, 3.8) is 0 Å². The minimum absolute atomic E-state index is 0.104. The van der Waals surface area contributed by atoms with Gasteiger partial charge in [-0.15, -0.1) is 6.58 Å². The topological polar surface area (TPSA) is 79.3 Å². The Hall–Kier alpha value is -4.10. The van der Waals surface area contributed by atoms with Crippen LogP contribution in [-0.4, -0.2) is 64.6 Å². The number of likely N-dealkylation sites (tertiary alicyclic amines) is 1. The lowest BCUT2D eigenvalue weighted by Gasteiger charge is -2.60. The van der Waals surface area contributed by atoms with E-state index in [0.717, 1.165) is 88.4 Å². The van der Waals surface area contributed by atoms with E-state index in [9.17, 15) is 14.7 Å². The van der Waals surface area contributed by atoms with Crippen LogP contribution in [0.15, 0.2) is 79.4 Å². The zero-order valence-electron chi connectivity index (χ0n) is 30.2. The largest absolute Gasteiger partial charge is 0.508 e. The van der Waals surface area contributed by atoms with E-state index < -0.39 is 5.97 Å². The number of aryl methyl sites for hydroxylation is 2. The van der Waals surface area contributed by atoms with Crippen LogP contribution in [0.3, 0.4) is 0 Å². The number of piperidine rings is 1. The van der Waals surface area contributed by atoms with E-state index in [2.05, 4.69) is 71.0 Å². The number of phenols is 1. The number of aromatic hydroxyl groups is 1. The Morgan fingerprint density at radius 1 is 0.980 bits per heavy atom. The summed E-state index contributed by atoms with van der Waals surface area (Å²) in [7, 11) is 0. The highest BCUT2D eigenvalue weighted by Gasteiger charge is 2.67. The van der Waals surface area contributed by atoms with Crippen LogP contribution < -0.4 is 9.47 Å². The van der Waals surface area contributed by atoms with Gasteiger partial charge in [0.05, 0.1) is 6.04 Å². The van der Waals surface area contributed by atoms with Crippen molar-refractivity contribution >= 4 is 11.9 Å². The van der Waals surface area contributed by atoms with Gasteiger partial charge in [0.15, 0.2) is 11.5 Å². The predicted octanol–water partition coefficient (Wildman–Crippen LogP) is 7.96. The number of rotatable bonds is 16. The fraction of sp³-hybridized carbons (Fsp3) is 0.500. The average Bonchev–Trinajstić information content (AvgIpc) is 3.48. The van der Waals surface area contributed by atoms with Crippen LogP contribution in [-0.2, 0) is 34.3 Å². The van der Waals surface area contributed by atoms with Crippen LogP contribution in [0.25, 0.3) is 0 Å². The molecule has 2 bridgehead atoms. The maximum absolute atomic E-state index is 14.4. The summed E-state index contributed by atoms with van der Waals surface area (Å²) in [6, 6.07) is 22.9. The van der Waals surface area contributed by atoms with Gasteiger partial charge in [0.25, 0.3) is 0 Å². The maximum Gasteiger partial charge on any atom is 0.308 e. The lowest BCUT2D eigenvalue weighted by molar-refractivity contribution is -0.142. The summed E-state index contributed by atoms with van der Waals surface area (Å²) in [5.41, 5.74) is 4.25. The lowest BCUT2D eigenvalue weighted by Crippen LogP contribution is -2.69. The zero-order valence-corrected chi connectivity index (χ0v) is 30.2. The standard InChI is InChI=1S/C44H54N2O5/c1-3-26-45-28-25-44-35-23-24-36(43(44)51-42-39(50-31(2)47)30-38(48)34(41(42)44)29-37(35)45)46(27-15-21-33-19-12-8-13-20-33)40(49)22-14-6-4-5-9-16-32-17-10-7-11-18-32/h3,7-8,10-13,17-20,30,35-37,43,48H,1,4-6,9,14-16,21-29H2,2H3/t35-,36-,37+,43-,44-/m0/s1. The minimum atomic E-state index is -0.443. The van der Waals surface area contributed by atoms with Gasteiger partial charge < -0.3 is 19.5 Å². The highest BCUT2D eigenvalue weighted by atomic mass is 16.6. The average molecular weight is 691 g/mol. The number of nitrogens with zero attached hydrogens (tertiary/aromatic N) is 2. The Bertz CT molecular complexity index is 1690. The molecule has 2 heterocycles. The zero-order chi connectivity index (χ0) is 35.4. The van der Waals surface area contributed by atoms with Gasteiger partial charge in [-0.05, 0) is 81.4 Å². The van der Waals surface area contributed by atoms with Gasteiger partial charge in [-0.1, -0.05) is 86.0 Å². The highest BCUT2D eigenvalue weighted by Crippen LogP contribution is 2.65. The molecule has 4 aliphatic rings. The molecule has 51 heavy (non-hydrogen) atoms. The molecule has 3 aromatic carbocycles. The molecule has 2 aliphatic heterocycles. The molecule has 2 fully saturated rings. The van der Waals surface area contributed by atoms with Crippen molar-refractivity contribution in [2.45, 2.75) is 114 Å². The number of amides is 1. The second-order valence-corrected chi connectivity index (χ2v) is 15.2. The third-order valence-electron chi connectivity index (χ3n) is 12.2. The van der Waals surface area contributed by atoms with Crippen LogP contribution in [0.4, 0.5) is 0 Å². The molecule has 3 aromatic rings. The summed E-state index contributed by atoms with van der Waals surface area (Å²) in [5, 5.41) is 11.4. The fourth-order valence-corrected chi connectivity index (χ4v) is 10.1. The second-order valence-electron chi connectivity index (χ2n) is 15.2. The molecule has 7 rings (SSSR count). The van der Waals surface area contributed by atoms with Crippen LogP contribution in [0.1, 0.15) is 93.4 Å². The summed E-state index contributed by atoms with van der Waals surface area (Å²) in [6.45, 7) is 7.80. The van der Waals surface area contributed by atoms with E-state index in [1.54, 1.807) is 6.07 Å². The van der Waals surface area contributed by atoms with Crippen molar-refractivity contribution in [3.8, 4) is 17.2 Å². The molecule has 1 saturated heterocycles. The molecule has 1 saturated carbocycles. The molecular formula is C44H54N2O5. The molecule has 1 N–H and O–H groups in total. The molecule has 0 aromatic heterocycles. The van der Waals surface area contributed by atoms with Gasteiger partial charge in [-0.3, -0.25) is 14.5 Å². The second kappa shape index (κ2) is 15.6. The smallest absolute Gasteiger partial charge is 0.308 e. The van der Waals surface area contributed by atoms with Crippen LogP contribution in [0, 0.1) is 5.92 Å². The maximum atomic E-state index is 14.4. The number of carbonyl (C=O) groups excluding carboxylic acids is 2. The lowest BCUT2D eigenvalue weighted by atomic mass is 9.50. The Balaban J connectivity index is 1.12. The van der Waals surface area contributed by atoms with Crippen molar-refractivity contribution in [1.29, 1.82) is 0 Å². The van der Waals surface area contributed by atoms with E-state index in [1.807, 2.05) is 12.1 Å². The van der Waals surface area contributed by atoms with E-state index in [0.29, 0.717) is 30.4 Å². The molecular weight excluding hydrogens is 636 g/mol. The Kier molecular flexibility index (Phi) is 10.8. The summed E-state index contributed by atoms with van der Waals surface area (Å²) < 4.78 is 12.8. The number of carbonyl (C=O) groups is 2. The quantitative estimate of drug-likeness (QED) is 0.0712. The number of hydrogen-bond acceptors (Lipinski definition) is 6. The van der Waals surface area contributed by atoms with Gasteiger partial charge in [-0.2, -0.15) is 0 Å². The summed E-state index contributed by atoms with van der Waals surface area (Å²) in [5.74, 6) is 1.14. The monoisotopic (exact) mass is 690 g/mol. The first-order valence-electron chi connectivity index (χ1n) is 19.4. The van der Waals surface area contributed by atoms with Crippen molar-refractivity contribution in [2.24, 2.45) is 5.92 Å². The van der Waals surface area contributed by atoms with E-state index in [4.69, 9.17) is 9.47 Å². The SMILES string of the molecule is C=CCN1CC[C@]23c4c5c(O)cc(OC(C)=O)c4O[C@H]2[C@@H](N(CCCc2ccccc2)C(=O)CCCCCCCc2ccccc2)CC[C@H]3[C@H]1C5. The minimum Gasteiger partial charge on any atom is -0.508 e. The van der Waals surface area contributed by atoms with Crippen molar-refractivity contribution < 1.29 is 24.2 Å². The van der Waals surface area contributed by atoms with Gasteiger partial charge in [0.1, 0.15) is 11.9 Å². The molecule has 270 valence electrons. The Morgan fingerprint density at radius 2 is 1.67 bits per heavy atom. The molecule has 7 nitrogen and oxygen atoms in total. The number of esters is 1. The third-order valence-corrected chi connectivity index (χ3v) is 12.2. The van der Waals surface area contributed by atoms with Crippen LogP contribution in [0.2, 0.25) is 0 Å². The van der Waals surface area contributed by atoms with Crippen molar-refractivity contribution in [3.05, 3.63) is 102 Å². The summed E-state index contributed by atoms with van der Waals surface area (Å²) in [6.07, 6.45) is 14.0. The van der Waals surface area contributed by atoms with Crippen molar-refractivity contribution in [1.82, 2.24) is 9.80 Å². The molecule has 0 unspecified atom stereocenters. The molecule has 1 amide bonds. The Labute approximate surface area is 303 Å². The van der Waals surface area contributed by atoms with Gasteiger partial charge in [0, 0.05) is 55.1 Å². The normalized spacial score (nSPS) is 24.3. The first-order valence-corrected chi connectivity index (χ1v) is 19.4. The highest BCUT2D eigenvalue weighted by molar-refractivity contribution is 5.77. The number of benzene rings is 3. The first kappa shape index (κ1) is 35.3. The molecule has 2 aliphatic carbocycles. The molecule has 1 spiro atoms. The number of phenolic OH excluding ortho intramolecular Hbond substituents is 1. The fourth-order valence-electron chi connectivity index (χ4n) is 10.1.